The number of hydrogen-bond donors (Lipinski definition) is 0. The van der Waals surface area contributed by atoms with E-state index in [1.165, 1.54) is 18.0 Å². The molecule has 164 valence electrons. The van der Waals surface area contributed by atoms with Crippen LogP contribution in [-0.2, 0) is 27.2 Å². The fourth-order valence-corrected chi connectivity index (χ4v) is 4.79. The van der Waals surface area contributed by atoms with Gasteiger partial charge in [0.2, 0.25) is 0 Å². The second kappa shape index (κ2) is 8.67. The molecule has 7 heteroatoms. The van der Waals surface area contributed by atoms with Gasteiger partial charge in [-0.3, -0.25) is 18.8 Å². The predicted octanol–water partition coefficient (Wildman–Crippen LogP) is 2.63. The number of imidazole rings is 1. The zero-order valence-electron chi connectivity index (χ0n) is 18.8. The fourth-order valence-electron chi connectivity index (χ4n) is 4.79. The Morgan fingerprint density at radius 3 is 2.39 bits per heavy atom. The van der Waals surface area contributed by atoms with Crippen LogP contribution >= 0.6 is 0 Å². The van der Waals surface area contributed by atoms with Crippen LogP contribution in [0.5, 0.6) is 0 Å². The largest absolute Gasteiger partial charge is 0.332 e. The van der Waals surface area contributed by atoms with Crippen molar-refractivity contribution in [1.29, 1.82) is 0 Å². The van der Waals surface area contributed by atoms with Gasteiger partial charge in [0.15, 0.2) is 11.2 Å². The first-order valence-corrected chi connectivity index (χ1v) is 10.9. The third-order valence-electron chi connectivity index (χ3n) is 6.13. The minimum Gasteiger partial charge on any atom is -0.317 e. The second-order valence-corrected chi connectivity index (χ2v) is 8.97. The fraction of sp³-hybridized carbons (Fsp3) is 0.458. The van der Waals surface area contributed by atoms with Crippen LogP contribution in [0, 0.1) is 11.8 Å². The molecule has 1 aromatic carbocycles. The molecule has 1 fully saturated rings. The lowest BCUT2D eigenvalue weighted by Gasteiger charge is -2.34. The number of aromatic nitrogens is 4. The molecular formula is C24H31N5O2. The number of hydrogen-bond acceptors (Lipinski definition) is 4. The first kappa shape index (κ1) is 21.3. The summed E-state index contributed by atoms with van der Waals surface area (Å²) >= 11 is 0. The quantitative estimate of drug-likeness (QED) is 0.635. The van der Waals surface area contributed by atoms with Gasteiger partial charge in [0.25, 0.3) is 5.56 Å². The first-order chi connectivity index (χ1) is 14.8. The summed E-state index contributed by atoms with van der Waals surface area (Å²) in [6.45, 7) is 7.79. The third-order valence-corrected chi connectivity index (χ3v) is 6.13. The van der Waals surface area contributed by atoms with E-state index in [2.05, 4.69) is 18.7 Å². The molecule has 4 rings (SSSR count). The van der Waals surface area contributed by atoms with Crippen LogP contribution in [0.25, 0.3) is 17.2 Å². The van der Waals surface area contributed by atoms with Crippen LogP contribution in [0.2, 0.25) is 0 Å². The van der Waals surface area contributed by atoms with Gasteiger partial charge in [0.05, 0.1) is 6.54 Å². The monoisotopic (exact) mass is 421 g/mol. The lowest BCUT2D eigenvalue weighted by atomic mass is 9.92. The van der Waals surface area contributed by atoms with Crippen molar-refractivity contribution in [1.82, 2.24) is 23.6 Å². The summed E-state index contributed by atoms with van der Waals surface area (Å²) in [6.07, 6.45) is 5.33. The summed E-state index contributed by atoms with van der Waals surface area (Å²) < 4.78 is 4.61. The maximum absolute atomic E-state index is 13.0. The van der Waals surface area contributed by atoms with Gasteiger partial charge < -0.3 is 4.57 Å². The van der Waals surface area contributed by atoms with Crippen LogP contribution in [0.3, 0.4) is 0 Å². The molecule has 1 aliphatic rings. The Bertz CT molecular complexity index is 1210. The zero-order chi connectivity index (χ0) is 22.1. The molecule has 7 nitrogen and oxygen atoms in total. The average Bonchev–Trinajstić information content (AvgIpc) is 3.09. The Morgan fingerprint density at radius 2 is 1.71 bits per heavy atom. The lowest BCUT2D eigenvalue weighted by Crippen LogP contribution is -2.39. The molecular weight excluding hydrogens is 390 g/mol. The molecule has 1 saturated heterocycles. The highest BCUT2D eigenvalue weighted by Crippen LogP contribution is 2.23. The standard InChI is InChI=1S/C24H31N5O2/c1-17-13-18(2)15-28(14-17)16-20-25-22-21(23(30)27(4)24(31)26(22)3)29(20)12-8-11-19-9-6-5-7-10-19/h5-11,17-18H,12-16H2,1-4H3/b11-8+/t17-,18-/m1/s1. The Morgan fingerprint density at radius 1 is 1.03 bits per heavy atom. The van der Waals surface area contributed by atoms with Crippen LogP contribution in [-0.4, -0.2) is 36.7 Å². The number of likely N-dealkylation sites (tertiary alicyclic amines) is 1. The minimum atomic E-state index is -0.353. The predicted molar refractivity (Wildman–Crippen MR) is 124 cm³/mol. The number of piperidine rings is 1. The third kappa shape index (κ3) is 4.28. The van der Waals surface area contributed by atoms with E-state index in [0.29, 0.717) is 36.1 Å². The molecule has 0 saturated carbocycles. The number of nitrogens with zero attached hydrogens (tertiary/aromatic N) is 5. The van der Waals surface area contributed by atoms with Crippen molar-refractivity contribution in [3.8, 4) is 0 Å². The molecule has 0 radical (unpaired) electrons. The maximum Gasteiger partial charge on any atom is 0.332 e. The molecule has 0 aliphatic carbocycles. The highest BCUT2D eigenvalue weighted by molar-refractivity contribution is 5.71. The van der Waals surface area contributed by atoms with Gasteiger partial charge in [-0.15, -0.1) is 0 Å². The normalized spacial score (nSPS) is 20.1. The number of benzene rings is 1. The summed E-state index contributed by atoms with van der Waals surface area (Å²) in [5.41, 5.74) is 1.39. The SMILES string of the molecule is C[C@@H]1C[C@@H](C)CN(Cc2nc3c(c(=O)n(C)c(=O)n3C)n2C/C=C/c2ccccc2)C1. The summed E-state index contributed by atoms with van der Waals surface area (Å²) in [5.74, 6) is 2.10. The van der Waals surface area contributed by atoms with E-state index in [1.54, 1.807) is 7.05 Å². The van der Waals surface area contributed by atoms with E-state index in [1.807, 2.05) is 47.1 Å². The maximum atomic E-state index is 13.0. The number of rotatable bonds is 5. The lowest BCUT2D eigenvalue weighted by molar-refractivity contribution is 0.130. The van der Waals surface area contributed by atoms with Crippen molar-refractivity contribution < 1.29 is 0 Å². The molecule has 0 unspecified atom stereocenters. The van der Waals surface area contributed by atoms with Gasteiger partial charge in [0.1, 0.15) is 5.82 Å². The van der Waals surface area contributed by atoms with Crippen molar-refractivity contribution >= 4 is 17.2 Å². The highest BCUT2D eigenvalue weighted by atomic mass is 16.2. The Hall–Kier alpha value is -2.93. The summed E-state index contributed by atoms with van der Waals surface area (Å²) in [5, 5.41) is 0. The first-order valence-electron chi connectivity index (χ1n) is 10.9. The molecule has 31 heavy (non-hydrogen) atoms. The van der Waals surface area contributed by atoms with Gasteiger partial charge in [-0.2, -0.15) is 0 Å². The van der Waals surface area contributed by atoms with Gasteiger partial charge >= 0.3 is 5.69 Å². The average molecular weight is 422 g/mol. The van der Waals surface area contributed by atoms with E-state index in [4.69, 9.17) is 4.98 Å². The number of aryl methyl sites for hydroxylation is 1. The van der Waals surface area contributed by atoms with Crippen LogP contribution in [0.1, 0.15) is 31.7 Å². The van der Waals surface area contributed by atoms with Gasteiger partial charge in [-0.1, -0.05) is 56.3 Å². The van der Waals surface area contributed by atoms with E-state index in [-0.39, 0.29) is 11.2 Å². The molecule has 0 amide bonds. The summed E-state index contributed by atoms with van der Waals surface area (Å²) in [7, 11) is 3.20. The minimum absolute atomic E-state index is 0.301. The van der Waals surface area contributed by atoms with E-state index >= 15 is 0 Å². The van der Waals surface area contributed by atoms with Crippen molar-refractivity contribution in [2.24, 2.45) is 25.9 Å². The van der Waals surface area contributed by atoms with Crippen LogP contribution in [0.15, 0.2) is 46.0 Å². The Labute approximate surface area is 182 Å². The topological polar surface area (TPSA) is 65.1 Å². The van der Waals surface area contributed by atoms with Crippen molar-refractivity contribution in [3.05, 3.63) is 68.6 Å². The van der Waals surface area contributed by atoms with Gasteiger partial charge in [0, 0.05) is 33.7 Å². The zero-order valence-corrected chi connectivity index (χ0v) is 18.8. The molecule has 0 N–H and O–H groups in total. The number of fused-ring (bicyclic) bond motifs is 1. The Kier molecular flexibility index (Phi) is 5.96. The summed E-state index contributed by atoms with van der Waals surface area (Å²) in [4.78, 5) is 32.7. The molecule has 3 aromatic rings. The molecule has 2 atom stereocenters. The van der Waals surface area contributed by atoms with Crippen molar-refractivity contribution in [3.63, 3.8) is 0 Å². The molecule has 1 aliphatic heterocycles. The van der Waals surface area contributed by atoms with Crippen molar-refractivity contribution in [2.45, 2.75) is 33.4 Å². The van der Waals surface area contributed by atoms with Gasteiger partial charge in [-0.05, 0) is 23.8 Å². The highest BCUT2D eigenvalue weighted by Gasteiger charge is 2.25. The van der Waals surface area contributed by atoms with Crippen molar-refractivity contribution in [2.75, 3.05) is 13.1 Å². The van der Waals surface area contributed by atoms with E-state index < -0.39 is 0 Å². The van der Waals surface area contributed by atoms with Gasteiger partial charge in [-0.25, -0.2) is 9.78 Å². The van der Waals surface area contributed by atoms with Crippen LogP contribution in [0.4, 0.5) is 0 Å². The van der Waals surface area contributed by atoms with Crippen LogP contribution < -0.4 is 11.2 Å². The smallest absolute Gasteiger partial charge is 0.317 e. The number of allylic oxidation sites excluding steroid dienone is 1. The molecule has 3 heterocycles. The molecule has 2 aromatic heterocycles. The van der Waals surface area contributed by atoms with E-state index in [9.17, 15) is 9.59 Å². The molecule has 0 spiro atoms. The molecule has 0 bridgehead atoms. The second-order valence-electron chi connectivity index (χ2n) is 8.97. The summed E-state index contributed by atoms with van der Waals surface area (Å²) in [6, 6.07) is 10.1. The van der Waals surface area contributed by atoms with E-state index in [0.717, 1.165) is 29.0 Å². The Balaban J connectivity index is 1.76.